The van der Waals surface area contributed by atoms with Gasteiger partial charge in [-0.15, -0.1) is 0 Å². The van der Waals surface area contributed by atoms with E-state index < -0.39 is 5.97 Å². The lowest BCUT2D eigenvalue weighted by molar-refractivity contribution is -0.141. The van der Waals surface area contributed by atoms with E-state index in [4.69, 9.17) is 5.11 Å². The van der Waals surface area contributed by atoms with Gasteiger partial charge in [0.15, 0.2) is 0 Å². The molecule has 76 valence electrons. The van der Waals surface area contributed by atoms with E-state index in [1.807, 2.05) is 18.2 Å². The molecule has 1 aromatic heterocycles. The molecule has 0 aliphatic heterocycles. The predicted molar refractivity (Wildman–Crippen MR) is 56.8 cm³/mol. The molecule has 3 rings (SSSR count). The number of carbonyl (C=O) groups is 1. The molecule has 1 aliphatic carbocycles. The van der Waals surface area contributed by atoms with E-state index in [1.165, 1.54) is 10.9 Å². The molecule has 3 nitrogen and oxygen atoms in total. The molecule has 1 aromatic carbocycles. The van der Waals surface area contributed by atoms with Crippen LogP contribution in [-0.2, 0) is 17.6 Å². The summed E-state index contributed by atoms with van der Waals surface area (Å²) in [5.41, 5.74) is 3.41. The molecule has 15 heavy (non-hydrogen) atoms. The largest absolute Gasteiger partial charge is 0.481 e. The van der Waals surface area contributed by atoms with Crippen molar-refractivity contribution in [3.63, 3.8) is 0 Å². The lowest BCUT2D eigenvalue weighted by Gasteiger charge is -2.01. The Morgan fingerprint density at radius 2 is 2.13 bits per heavy atom. The van der Waals surface area contributed by atoms with Crippen molar-refractivity contribution in [2.24, 2.45) is 5.92 Å². The molecule has 1 atom stereocenters. The van der Waals surface area contributed by atoms with E-state index >= 15 is 0 Å². The first-order valence-electron chi connectivity index (χ1n) is 5.07. The number of nitrogens with one attached hydrogen (secondary N) is 1. The topological polar surface area (TPSA) is 53.1 Å². The quantitative estimate of drug-likeness (QED) is 0.741. The lowest BCUT2D eigenvalue weighted by Crippen LogP contribution is -2.13. The minimum absolute atomic E-state index is 0.240. The number of para-hydroxylation sites is 1. The zero-order valence-electron chi connectivity index (χ0n) is 8.16. The Hall–Kier alpha value is -1.77. The normalized spacial score (nSPS) is 19.3. The van der Waals surface area contributed by atoms with Gasteiger partial charge in [-0.05, 0) is 18.1 Å². The summed E-state index contributed by atoms with van der Waals surface area (Å²) >= 11 is 0. The average Bonchev–Trinajstić information content (AvgIpc) is 2.73. The molecular formula is C12H11NO2. The van der Waals surface area contributed by atoms with Crippen molar-refractivity contribution in [3.8, 4) is 0 Å². The van der Waals surface area contributed by atoms with E-state index in [0.29, 0.717) is 12.8 Å². The number of H-pyrrole nitrogens is 1. The summed E-state index contributed by atoms with van der Waals surface area (Å²) in [5.74, 6) is -0.931. The van der Waals surface area contributed by atoms with Crippen molar-refractivity contribution in [1.29, 1.82) is 0 Å². The van der Waals surface area contributed by atoms with Crippen LogP contribution in [0.4, 0.5) is 0 Å². The van der Waals surface area contributed by atoms with Gasteiger partial charge in [-0.1, -0.05) is 18.2 Å². The summed E-state index contributed by atoms with van der Waals surface area (Å²) in [5, 5.41) is 10.1. The second-order valence-corrected chi connectivity index (χ2v) is 4.07. The Labute approximate surface area is 86.7 Å². The maximum absolute atomic E-state index is 10.9. The first kappa shape index (κ1) is 8.53. The maximum atomic E-state index is 10.9. The zero-order chi connectivity index (χ0) is 10.4. The van der Waals surface area contributed by atoms with E-state index in [1.54, 1.807) is 0 Å². The summed E-state index contributed by atoms with van der Waals surface area (Å²) in [6.45, 7) is 0. The van der Waals surface area contributed by atoms with Crippen LogP contribution in [0, 0.1) is 5.92 Å². The maximum Gasteiger partial charge on any atom is 0.307 e. The van der Waals surface area contributed by atoms with Crippen LogP contribution in [0.3, 0.4) is 0 Å². The summed E-state index contributed by atoms with van der Waals surface area (Å²) in [4.78, 5) is 14.2. The van der Waals surface area contributed by atoms with Crippen molar-refractivity contribution < 1.29 is 9.90 Å². The molecule has 0 amide bonds. The molecule has 1 heterocycles. The number of carboxylic acid groups (broad SMARTS) is 1. The van der Waals surface area contributed by atoms with Crippen LogP contribution in [0.1, 0.15) is 11.3 Å². The summed E-state index contributed by atoms with van der Waals surface area (Å²) in [6, 6.07) is 8.06. The fourth-order valence-corrected chi connectivity index (χ4v) is 2.40. The van der Waals surface area contributed by atoms with Gasteiger partial charge in [0.05, 0.1) is 5.92 Å². The highest BCUT2D eigenvalue weighted by Crippen LogP contribution is 2.32. The first-order chi connectivity index (χ1) is 7.25. The summed E-state index contributed by atoms with van der Waals surface area (Å²) in [6.07, 6.45) is 1.30. The van der Waals surface area contributed by atoms with Gasteiger partial charge in [0.2, 0.25) is 0 Å². The van der Waals surface area contributed by atoms with Crippen LogP contribution in [-0.4, -0.2) is 16.1 Å². The lowest BCUT2D eigenvalue weighted by atomic mass is 10.1. The number of fused-ring (bicyclic) bond motifs is 3. The fraction of sp³-hybridized carbons (Fsp3) is 0.250. The minimum Gasteiger partial charge on any atom is -0.481 e. The number of rotatable bonds is 1. The third-order valence-electron chi connectivity index (χ3n) is 3.15. The number of aromatic amines is 1. The monoisotopic (exact) mass is 201 g/mol. The molecule has 0 fully saturated rings. The predicted octanol–water partition coefficient (Wildman–Crippen LogP) is 1.97. The van der Waals surface area contributed by atoms with Gasteiger partial charge in [-0.3, -0.25) is 4.79 Å². The van der Waals surface area contributed by atoms with Gasteiger partial charge in [0.1, 0.15) is 0 Å². The number of hydrogen-bond donors (Lipinski definition) is 2. The molecule has 3 heteroatoms. The third kappa shape index (κ3) is 1.16. The molecule has 0 saturated heterocycles. The Bertz CT molecular complexity index is 542. The van der Waals surface area contributed by atoms with Crippen molar-refractivity contribution in [2.45, 2.75) is 12.8 Å². The minimum atomic E-state index is -0.691. The van der Waals surface area contributed by atoms with Gasteiger partial charge in [-0.2, -0.15) is 0 Å². The second kappa shape index (κ2) is 2.86. The number of aliphatic carboxylic acids is 1. The Kier molecular flexibility index (Phi) is 1.63. The van der Waals surface area contributed by atoms with Gasteiger partial charge in [0, 0.05) is 23.0 Å². The molecule has 0 bridgehead atoms. The summed E-state index contributed by atoms with van der Waals surface area (Å²) < 4.78 is 0. The molecule has 0 radical (unpaired) electrons. The highest BCUT2D eigenvalue weighted by atomic mass is 16.4. The first-order valence-corrected chi connectivity index (χ1v) is 5.07. The van der Waals surface area contributed by atoms with Crippen LogP contribution in [0.2, 0.25) is 0 Å². The zero-order valence-corrected chi connectivity index (χ0v) is 8.16. The Morgan fingerprint density at radius 3 is 2.93 bits per heavy atom. The fourth-order valence-electron chi connectivity index (χ4n) is 2.40. The van der Waals surface area contributed by atoms with Crippen molar-refractivity contribution in [2.75, 3.05) is 0 Å². The molecule has 0 saturated carbocycles. The van der Waals surface area contributed by atoms with E-state index in [2.05, 4.69) is 11.1 Å². The van der Waals surface area contributed by atoms with Crippen LogP contribution >= 0.6 is 0 Å². The highest BCUT2D eigenvalue weighted by molar-refractivity contribution is 5.86. The molecule has 0 spiro atoms. The molecule has 1 unspecified atom stereocenters. The molecule has 1 aliphatic rings. The van der Waals surface area contributed by atoms with Crippen molar-refractivity contribution in [3.05, 3.63) is 35.5 Å². The smallest absolute Gasteiger partial charge is 0.307 e. The standard InChI is InChI=1S/C12H11NO2/c14-12(15)7-5-9-8-3-1-2-4-10(8)13-11(9)6-7/h1-4,7,13H,5-6H2,(H,14,15). The highest BCUT2D eigenvalue weighted by Gasteiger charge is 2.29. The Balaban J connectivity index is 2.12. The summed E-state index contributed by atoms with van der Waals surface area (Å²) in [7, 11) is 0. The average molecular weight is 201 g/mol. The third-order valence-corrected chi connectivity index (χ3v) is 3.15. The van der Waals surface area contributed by atoms with Gasteiger partial charge in [-0.25, -0.2) is 0 Å². The number of hydrogen-bond acceptors (Lipinski definition) is 1. The van der Waals surface area contributed by atoms with Crippen LogP contribution < -0.4 is 0 Å². The number of aromatic nitrogens is 1. The SMILES string of the molecule is O=C(O)C1Cc2[nH]c3ccccc3c2C1. The molecule has 2 aromatic rings. The van der Waals surface area contributed by atoms with Crippen molar-refractivity contribution >= 4 is 16.9 Å². The van der Waals surface area contributed by atoms with Crippen LogP contribution in [0.25, 0.3) is 10.9 Å². The van der Waals surface area contributed by atoms with E-state index in [9.17, 15) is 4.79 Å². The Morgan fingerprint density at radius 1 is 1.33 bits per heavy atom. The van der Waals surface area contributed by atoms with Gasteiger partial charge in [0.25, 0.3) is 0 Å². The number of carboxylic acids is 1. The van der Waals surface area contributed by atoms with Crippen LogP contribution in [0.5, 0.6) is 0 Å². The van der Waals surface area contributed by atoms with Crippen molar-refractivity contribution in [1.82, 2.24) is 4.98 Å². The second-order valence-electron chi connectivity index (χ2n) is 4.07. The van der Waals surface area contributed by atoms with Gasteiger partial charge >= 0.3 is 5.97 Å². The number of benzene rings is 1. The van der Waals surface area contributed by atoms with Crippen LogP contribution in [0.15, 0.2) is 24.3 Å². The van der Waals surface area contributed by atoms with Gasteiger partial charge < -0.3 is 10.1 Å². The van der Waals surface area contributed by atoms with E-state index in [-0.39, 0.29) is 5.92 Å². The molecular weight excluding hydrogens is 190 g/mol. The molecule has 2 N–H and O–H groups in total. The van der Waals surface area contributed by atoms with E-state index in [0.717, 1.165) is 11.2 Å².